The second-order valence-corrected chi connectivity index (χ2v) is 6.65. The molecule has 0 bridgehead atoms. The number of nitrogens with zero attached hydrogens (tertiary/aromatic N) is 2. The number of anilines is 1. The summed E-state index contributed by atoms with van der Waals surface area (Å²) < 4.78 is 0. The zero-order valence-corrected chi connectivity index (χ0v) is 16.4. The molecule has 2 rings (SSSR count). The number of amides is 1. The maximum Gasteiger partial charge on any atom is 0.277 e. The monoisotopic (exact) mass is 418 g/mol. The molecule has 0 heterocycles. The third kappa shape index (κ3) is 5.45. The highest BCUT2D eigenvalue weighted by Crippen LogP contribution is 2.29. The van der Waals surface area contributed by atoms with Crippen LogP contribution in [0.1, 0.15) is 42.1 Å². The Morgan fingerprint density at radius 1 is 1.14 bits per heavy atom. The molecule has 3 N–H and O–H groups in total. The molecule has 0 aliphatic heterocycles. The maximum atomic E-state index is 12.4. The number of non-ortho nitro benzene ring substituents is 2. The van der Waals surface area contributed by atoms with Gasteiger partial charge in [0.1, 0.15) is 5.75 Å². The van der Waals surface area contributed by atoms with Crippen LogP contribution < -0.4 is 10.6 Å². The maximum absolute atomic E-state index is 12.4. The predicted molar refractivity (Wildman–Crippen MR) is 110 cm³/mol. The molecular formula is C18H18N4O6S. The Morgan fingerprint density at radius 3 is 2.24 bits per heavy atom. The standard InChI is InChI=1S/C18H18N4O6S/c1-3-10(2)11-4-5-16(23)15(8-11)19-18(29)20-17(24)12-6-13(21(25)26)9-14(7-12)22(27)28/h4-10,23H,3H2,1-2H3,(H2,19,20,24,29). The number of carbonyl (C=O) groups is 1. The first-order chi connectivity index (χ1) is 13.6. The van der Waals surface area contributed by atoms with Gasteiger partial charge in [0.25, 0.3) is 17.3 Å². The summed E-state index contributed by atoms with van der Waals surface area (Å²) in [6.45, 7) is 4.04. The number of nitro benzene ring substituents is 2. The molecule has 0 aliphatic rings. The first-order valence-electron chi connectivity index (χ1n) is 8.51. The van der Waals surface area contributed by atoms with Crippen molar-refractivity contribution in [2.75, 3.05) is 5.32 Å². The molecule has 0 spiro atoms. The normalized spacial score (nSPS) is 11.4. The molecule has 0 aliphatic carbocycles. The zero-order chi connectivity index (χ0) is 21.7. The van der Waals surface area contributed by atoms with Gasteiger partial charge in [-0.05, 0) is 42.3 Å². The van der Waals surface area contributed by atoms with Crippen molar-refractivity contribution in [2.24, 2.45) is 0 Å². The van der Waals surface area contributed by atoms with E-state index in [2.05, 4.69) is 10.6 Å². The van der Waals surface area contributed by atoms with E-state index >= 15 is 0 Å². The minimum atomic E-state index is -0.869. The molecule has 2 aromatic rings. The summed E-state index contributed by atoms with van der Waals surface area (Å²) in [4.78, 5) is 32.6. The number of carbonyl (C=O) groups excluding carboxylic acids is 1. The number of hydrogen-bond donors (Lipinski definition) is 3. The highest BCUT2D eigenvalue weighted by atomic mass is 32.1. The van der Waals surface area contributed by atoms with Gasteiger partial charge in [-0.3, -0.25) is 30.3 Å². The molecule has 152 valence electrons. The molecule has 0 fully saturated rings. The van der Waals surface area contributed by atoms with Crippen molar-refractivity contribution in [1.29, 1.82) is 0 Å². The van der Waals surface area contributed by atoms with Crippen molar-refractivity contribution in [1.82, 2.24) is 5.32 Å². The summed E-state index contributed by atoms with van der Waals surface area (Å²) in [5.74, 6) is -0.712. The van der Waals surface area contributed by atoms with E-state index in [0.717, 1.165) is 30.2 Å². The fourth-order valence-electron chi connectivity index (χ4n) is 2.46. The fraction of sp³-hybridized carbons (Fsp3) is 0.222. The molecule has 0 saturated heterocycles. The highest BCUT2D eigenvalue weighted by Gasteiger charge is 2.20. The summed E-state index contributed by atoms with van der Waals surface area (Å²) >= 11 is 5.06. The summed E-state index contributed by atoms with van der Waals surface area (Å²) in [6.07, 6.45) is 0.886. The smallest absolute Gasteiger partial charge is 0.277 e. The first kappa shape index (κ1) is 21.7. The Hall–Kier alpha value is -3.60. The van der Waals surface area contributed by atoms with Gasteiger partial charge >= 0.3 is 0 Å². The van der Waals surface area contributed by atoms with Crippen LogP contribution in [0.2, 0.25) is 0 Å². The SMILES string of the molecule is CCC(C)c1ccc(O)c(NC(=S)NC(=O)c2cc([N+](=O)[O-])cc([N+](=O)[O-])c2)c1. The van der Waals surface area contributed by atoms with Crippen LogP contribution in [0, 0.1) is 20.2 Å². The third-order valence-electron chi connectivity index (χ3n) is 4.26. The largest absolute Gasteiger partial charge is 0.506 e. The zero-order valence-electron chi connectivity index (χ0n) is 15.5. The Balaban J connectivity index is 2.21. The van der Waals surface area contributed by atoms with E-state index in [1.807, 2.05) is 13.8 Å². The van der Waals surface area contributed by atoms with E-state index in [-0.39, 0.29) is 28.0 Å². The number of nitrogens with one attached hydrogen (secondary N) is 2. The fourth-order valence-corrected chi connectivity index (χ4v) is 2.66. The van der Waals surface area contributed by atoms with Crippen LogP contribution >= 0.6 is 12.2 Å². The van der Waals surface area contributed by atoms with Crippen LogP contribution in [0.3, 0.4) is 0 Å². The first-order valence-corrected chi connectivity index (χ1v) is 8.92. The topological polar surface area (TPSA) is 148 Å². The van der Waals surface area contributed by atoms with Gasteiger partial charge in [-0.15, -0.1) is 0 Å². The molecule has 0 aromatic heterocycles. The number of nitro groups is 2. The summed E-state index contributed by atoms with van der Waals surface area (Å²) in [7, 11) is 0. The number of thiocarbonyl (C=S) groups is 1. The van der Waals surface area contributed by atoms with Crippen LogP contribution in [-0.4, -0.2) is 26.0 Å². The molecule has 29 heavy (non-hydrogen) atoms. The van der Waals surface area contributed by atoms with Crippen molar-refractivity contribution in [3.05, 3.63) is 67.8 Å². The van der Waals surface area contributed by atoms with Gasteiger partial charge in [0.2, 0.25) is 0 Å². The average Bonchev–Trinajstić information content (AvgIpc) is 2.68. The number of benzene rings is 2. The summed E-state index contributed by atoms with van der Waals surface area (Å²) in [6, 6.07) is 7.54. The third-order valence-corrected chi connectivity index (χ3v) is 4.47. The minimum Gasteiger partial charge on any atom is -0.506 e. The minimum absolute atomic E-state index is 0.0837. The molecule has 1 unspecified atom stereocenters. The van der Waals surface area contributed by atoms with Crippen molar-refractivity contribution in [3.63, 3.8) is 0 Å². The van der Waals surface area contributed by atoms with Crippen LogP contribution in [-0.2, 0) is 0 Å². The molecule has 10 nitrogen and oxygen atoms in total. The van der Waals surface area contributed by atoms with Crippen LogP contribution in [0.5, 0.6) is 5.75 Å². The Morgan fingerprint density at radius 2 is 1.72 bits per heavy atom. The Kier molecular flexibility index (Phi) is 6.78. The number of hydrogen-bond acceptors (Lipinski definition) is 7. The van der Waals surface area contributed by atoms with E-state index < -0.39 is 27.1 Å². The second-order valence-electron chi connectivity index (χ2n) is 6.25. The summed E-state index contributed by atoms with van der Waals surface area (Å²) in [5.41, 5.74) is -0.258. The number of rotatable bonds is 6. The Bertz CT molecular complexity index is 962. The van der Waals surface area contributed by atoms with E-state index in [1.54, 1.807) is 12.1 Å². The predicted octanol–water partition coefficient (Wildman–Crippen LogP) is 3.85. The van der Waals surface area contributed by atoms with Gasteiger partial charge in [-0.1, -0.05) is 19.9 Å². The number of phenols is 1. The molecule has 1 amide bonds. The summed E-state index contributed by atoms with van der Waals surface area (Å²) in [5, 5.41) is 36.7. The molecule has 0 radical (unpaired) electrons. The molecule has 11 heteroatoms. The van der Waals surface area contributed by atoms with Gasteiger partial charge in [-0.2, -0.15) is 0 Å². The molecule has 1 atom stereocenters. The number of aromatic hydroxyl groups is 1. The van der Waals surface area contributed by atoms with Crippen molar-refractivity contribution >= 4 is 40.3 Å². The van der Waals surface area contributed by atoms with E-state index in [0.29, 0.717) is 0 Å². The van der Waals surface area contributed by atoms with E-state index in [9.17, 15) is 30.1 Å². The Labute approximate surface area is 170 Å². The van der Waals surface area contributed by atoms with Crippen molar-refractivity contribution < 1.29 is 19.7 Å². The van der Waals surface area contributed by atoms with Crippen molar-refractivity contribution in [3.8, 4) is 5.75 Å². The van der Waals surface area contributed by atoms with Crippen LogP contribution in [0.15, 0.2) is 36.4 Å². The molecule has 2 aromatic carbocycles. The number of phenolic OH excluding ortho intramolecular Hbond substituents is 1. The highest BCUT2D eigenvalue weighted by molar-refractivity contribution is 7.80. The molecular weight excluding hydrogens is 400 g/mol. The van der Waals surface area contributed by atoms with Crippen LogP contribution in [0.4, 0.5) is 17.1 Å². The molecule has 0 saturated carbocycles. The van der Waals surface area contributed by atoms with Gasteiger partial charge in [-0.25, -0.2) is 0 Å². The van der Waals surface area contributed by atoms with Gasteiger partial charge in [0.05, 0.1) is 27.2 Å². The van der Waals surface area contributed by atoms with Gasteiger partial charge in [0, 0.05) is 12.1 Å². The lowest BCUT2D eigenvalue weighted by Gasteiger charge is -2.14. The van der Waals surface area contributed by atoms with Crippen molar-refractivity contribution in [2.45, 2.75) is 26.2 Å². The van der Waals surface area contributed by atoms with Gasteiger partial charge < -0.3 is 10.4 Å². The van der Waals surface area contributed by atoms with Gasteiger partial charge in [0.15, 0.2) is 5.11 Å². The average molecular weight is 418 g/mol. The second kappa shape index (κ2) is 9.06. The quantitative estimate of drug-likeness (QED) is 0.277. The lowest BCUT2D eigenvalue weighted by molar-refractivity contribution is -0.394. The van der Waals surface area contributed by atoms with Crippen LogP contribution in [0.25, 0.3) is 0 Å². The lowest BCUT2D eigenvalue weighted by atomic mass is 9.98. The van der Waals surface area contributed by atoms with E-state index in [4.69, 9.17) is 12.2 Å². The van der Waals surface area contributed by atoms with E-state index in [1.165, 1.54) is 6.07 Å². The lowest BCUT2D eigenvalue weighted by Crippen LogP contribution is -2.34.